The Bertz CT molecular complexity index is 140. The van der Waals surface area contributed by atoms with Crippen molar-refractivity contribution in [3.63, 3.8) is 0 Å². The van der Waals surface area contributed by atoms with E-state index in [0.29, 0.717) is 0 Å². The van der Waals surface area contributed by atoms with Gasteiger partial charge in [0.15, 0.2) is 0 Å². The lowest BCUT2D eigenvalue weighted by Crippen LogP contribution is -2.23. The first-order valence-electron chi connectivity index (χ1n) is 5.01. The van der Waals surface area contributed by atoms with Crippen molar-refractivity contribution in [2.24, 2.45) is 11.1 Å². The van der Waals surface area contributed by atoms with Crippen LogP contribution in [0.15, 0.2) is 12.3 Å². The Morgan fingerprint density at radius 3 is 2.17 bits per heavy atom. The Labute approximate surface area is 77.0 Å². The van der Waals surface area contributed by atoms with Crippen molar-refractivity contribution in [2.45, 2.75) is 52.9 Å². The summed E-state index contributed by atoms with van der Waals surface area (Å²) in [6.45, 7) is 10.5. The summed E-state index contributed by atoms with van der Waals surface area (Å²) in [4.78, 5) is 0. The first-order chi connectivity index (χ1) is 5.56. The van der Waals surface area contributed by atoms with Gasteiger partial charge in [-0.15, -0.1) is 0 Å². The lowest BCUT2D eigenvalue weighted by Gasteiger charge is -2.29. The molecule has 0 radical (unpaired) electrons. The molecule has 0 aromatic rings. The van der Waals surface area contributed by atoms with Crippen LogP contribution in [-0.4, -0.2) is 0 Å². The number of unbranched alkanes of at least 4 members (excludes halogenated alkanes) is 1. The van der Waals surface area contributed by atoms with E-state index in [4.69, 9.17) is 5.73 Å². The maximum atomic E-state index is 5.80. The molecular weight excluding hydrogens is 146 g/mol. The van der Waals surface area contributed by atoms with Gasteiger partial charge < -0.3 is 5.73 Å². The molecule has 12 heavy (non-hydrogen) atoms. The molecule has 2 N–H and O–H groups in total. The molecule has 0 aromatic carbocycles. The highest BCUT2D eigenvalue weighted by Crippen LogP contribution is 2.33. The molecule has 1 heteroatoms. The summed E-state index contributed by atoms with van der Waals surface area (Å²) in [7, 11) is 0. The fourth-order valence-corrected chi connectivity index (χ4v) is 1.56. The topological polar surface area (TPSA) is 26.0 Å². The standard InChI is InChI=1S/C11H23N/c1-5-7-9-11(4,8-6-2)10(3)12/h3,5-9,12H2,1-2,4H3. The lowest BCUT2D eigenvalue weighted by atomic mass is 9.78. The first-order valence-corrected chi connectivity index (χ1v) is 5.01. The molecule has 0 aliphatic rings. The zero-order valence-corrected chi connectivity index (χ0v) is 8.82. The van der Waals surface area contributed by atoms with Crippen molar-refractivity contribution in [2.75, 3.05) is 0 Å². The molecule has 0 rings (SSSR count). The molecule has 0 spiro atoms. The van der Waals surface area contributed by atoms with E-state index in [0.717, 1.165) is 5.70 Å². The third-order valence-electron chi connectivity index (χ3n) is 2.66. The summed E-state index contributed by atoms with van der Waals surface area (Å²) in [5.74, 6) is 0. The Hall–Kier alpha value is -0.460. The van der Waals surface area contributed by atoms with Crippen LogP contribution in [0.4, 0.5) is 0 Å². The zero-order chi connectivity index (χ0) is 9.61. The molecule has 0 bridgehead atoms. The molecule has 0 heterocycles. The van der Waals surface area contributed by atoms with Gasteiger partial charge >= 0.3 is 0 Å². The average molecular weight is 169 g/mol. The minimum Gasteiger partial charge on any atom is -0.402 e. The molecule has 72 valence electrons. The van der Waals surface area contributed by atoms with Crippen LogP contribution >= 0.6 is 0 Å². The van der Waals surface area contributed by atoms with Crippen molar-refractivity contribution < 1.29 is 0 Å². The van der Waals surface area contributed by atoms with Crippen molar-refractivity contribution in [1.82, 2.24) is 0 Å². The molecule has 0 aliphatic carbocycles. The summed E-state index contributed by atoms with van der Waals surface area (Å²) in [6, 6.07) is 0. The summed E-state index contributed by atoms with van der Waals surface area (Å²) >= 11 is 0. The average Bonchev–Trinajstić information content (AvgIpc) is 2.01. The van der Waals surface area contributed by atoms with Crippen LogP contribution in [-0.2, 0) is 0 Å². The quantitative estimate of drug-likeness (QED) is 0.647. The molecule has 0 aliphatic heterocycles. The summed E-state index contributed by atoms with van der Waals surface area (Å²) in [5, 5.41) is 0. The largest absolute Gasteiger partial charge is 0.402 e. The van der Waals surface area contributed by atoms with E-state index in [1.165, 1.54) is 32.1 Å². The molecule has 1 nitrogen and oxygen atoms in total. The van der Waals surface area contributed by atoms with Crippen LogP contribution in [0.2, 0.25) is 0 Å². The Kier molecular flexibility index (Phi) is 5.03. The fourth-order valence-electron chi connectivity index (χ4n) is 1.56. The van der Waals surface area contributed by atoms with Crippen LogP contribution in [0, 0.1) is 5.41 Å². The number of rotatable bonds is 6. The Morgan fingerprint density at radius 2 is 1.83 bits per heavy atom. The van der Waals surface area contributed by atoms with Gasteiger partial charge in [0.2, 0.25) is 0 Å². The van der Waals surface area contributed by atoms with Gasteiger partial charge in [-0.3, -0.25) is 0 Å². The Balaban J connectivity index is 4.08. The van der Waals surface area contributed by atoms with E-state index in [1.54, 1.807) is 0 Å². The van der Waals surface area contributed by atoms with Crippen LogP contribution in [0.3, 0.4) is 0 Å². The highest BCUT2D eigenvalue weighted by molar-refractivity contribution is 5.03. The van der Waals surface area contributed by atoms with E-state index in [-0.39, 0.29) is 5.41 Å². The predicted octanol–water partition coefficient (Wildman–Crippen LogP) is 3.46. The third kappa shape index (κ3) is 3.29. The molecule has 0 saturated heterocycles. The number of hydrogen-bond donors (Lipinski definition) is 1. The normalized spacial score (nSPS) is 15.6. The van der Waals surface area contributed by atoms with Gasteiger partial charge in [0.1, 0.15) is 0 Å². The van der Waals surface area contributed by atoms with Crippen LogP contribution in [0.1, 0.15) is 52.9 Å². The summed E-state index contributed by atoms with van der Waals surface area (Å²) in [6.07, 6.45) is 6.05. The monoisotopic (exact) mass is 169 g/mol. The zero-order valence-electron chi connectivity index (χ0n) is 8.82. The molecule has 0 fully saturated rings. The van der Waals surface area contributed by atoms with E-state index in [1.807, 2.05) is 0 Å². The summed E-state index contributed by atoms with van der Waals surface area (Å²) in [5.41, 5.74) is 6.85. The maximum Gasteiger partial charge on any atom is 0.00676 e. The molecule has 0 amide bonds. The second-order valence-electron chi connectivity index (χ2n) is 3.94. The summed E-state index contributed by atoms with van der Waals surface area (Å²) < 4.78 is 0. The van der Waals surface area contributed by atoms with Gasteiger partial charge in [-0.25, -0.2) is 0 Å². The van der Waals surface area contributed by atoms with Crippen molar-refractivity contribution in [1.29, 1.82) is 0 Å². The minimum atomic E-state index is 0.185. The molecule has 0 saturated carbocycles. The van der Waals surface area contributed by atoms with Crippen molar-refractivity contribution in [3.8, 4) is 0 Å². The van der Waals surface area contributed by atoms with Crippen LogP contribution in [0.5, 0.6) is 0 Å². The van der Waals surface area contributed by atoms with E-state index in [9.17, 15) is 0 Å². The number of nitrogens with two attached hydrogens (primary N) is 1. The molecule has 1 atom stereocenters. The number of allylic oxidation sites excluding steroid dienone is 1. The van der Waals surface area contributed by atoms with Gasteiger partial charge in [0, 0.05) is 11.1 Å². The van der Waals surface area contributed by atoms with E-state index < -0.39 is 0 Å². The second-order valence-corrected chi connectivity index (χ2v) is 3.94. The molecular formula is C11H23N. The second kappa shape index (κ2) is 5.23. The lowest BCUT2D eigenvalue weighted by molar-refractivity contribution is 0.319. The fraction of sp³-hybridized carbons (Fsp3) is 0.818. The van der Waals surface area contributed by atoms with Gasteiger partial charge in [0.25, 0.3) is 0 Å². The molecule has 0 aromatic heterocycles. The van der Waals surface area contributed by atoms with Gasteiger partial charge in [-0.1, -0.05) is 46.6 Å². The predicted molar refractivity (Wildman–Crippen MR) is 55.9 cm³/mol. The number of hydrogen-bond acceptors (Lipinski definition) is 1. The van der Waals surface area contributed by atoms with Crippen LogP contribution in [0.25, 0.3) is 0 Å². The maximum absolute atomic E-state index is 5.80. The highest BCUT2D eigenvalue weighted by Gasteiger charge is 2.23. The van der Waals surface area contributed by atoms with E-state index >= 15 is 0 Å². The minimum absolute atomic E-state index is 0.185. The SMILES string of the molecule is C=C(N)C(C)(CCC)CCCC. The van der Waals surface area contributed by atoms with Gasteiger partial charge in [-0.05, 0) is 12.8 Å². The highest BCUT2D eigenvalue weighted by atomic mass is 14.6. The smallest absolute Gasteiger partial charge is 0.00676 e. The van der Waals surface area contributed by atoms with E-state index in [2.05, 4.69) is 27.4 Å². The van der Waals surface area contributed by atoms with Gasteiger partial charge in [0.05, 0.1) is 0 Å². The van der Waals surface area contributed by atoms with Gasteiger partial charge in [-0.2, -0.15) is 0 Å². The molecule has 1 unspecified atom stereocenters. The first kappa shape index (κ1) is 11.5. The van der Waals surface area contributed by atoms with Crippen molar-refractivity contribution in [3.05, 3.63) is 12.3 Å². The Morgan fingerprint density at radius 1 is 1.25 bits per heavy atom. The third-order valence-corrected chi connectivity index (χ3v) is 2.66. The van der Waals surface area contributed by atoms with Crippen LogP contribution < -0.4 is 5.73 Å². The van der Waals surface area contributed by atoms with Crippen molar-refractivity contribution >= 4 is 0 Å².